The minimum atomic E-state index is -0.196. The molecule has 0 bridgehead atoms. The van der Waals surface area contributed by atoms with Gasteiger partial charge in [0.15, 0.2) is 0 Å². The van der Waals surface area contributed by atoms with Gasteiger partial charge in [-0.05, 0) is 48.2 Å². The van der Waals surface area contributed by atoms with Gasteiger partial charge in [0.1, 0.15) is 11.6 Å². The molecular weight excluding hydrogens is 253 g/mol. The third kappa shape index (κ3) is 2.77. The molecule has 1 aliphatic heterocycles. The Bertz CT molecular complexity index is 624. The van der Waals surface area contributed by atoms with Gasteiger partial charge in [0, 0.05) is 13.0 Å². The monoisotopic (exact) mass is 271 g/mol. The molecule has 2 nitrogen and oxygen atoms in total. The molecule has 3 heteroatoms. The normalized spacial score (nSPS) is 12.9. The second kappa shape index (κ2) is 5.53. The maximum atomic E-state index is 13.6. The Morgan fingerprint density at radius 2 is 2.10 bits per heavy atom. The standard InChI is InChI=1S/C17H18FNO/c1-12-2-4-15(18)16(10-12)19-8-6-13-3-5-17-14(11-13)7-9-20-17/h2-5,10-11,19H,6-9H2,1H3. The van der Waals surface area contributed by atoms with Crippen LogP contribution >= 0.6 is 0 Å². The van der Waals surface area contributed by atoms with Crippen LogP contribution in [0, 0.1) is 12.7 Å². The second-order valence-corrected chi connectivity index (χ2v) is 5.20. The van der Waals surface area contributed by atoms with E-state index in [2.05, 4.69) is 17.4 Å². The number of halogens is 1. The minimum absolute atomic E-state index is 0.196. The Morgan fingerprint density at radius 1 is 1.20 bits per heavy atom. The highest BCUT2D eigenvalue weighted by Crippen LogP contribution is 2.26. The highest BCUT2D eigenvalue weighted by atomic mass is 19.1. The van der Waals surface area contributed by atoms with Gasteiger partial charge in [-0.3, -0.25) is 0 Å². The zero-order valence-corrected chi connectivity index (χ0v) is 11.6. The summed E-state index contributed by atoms with van der Waals surface area (Å²) in [5.74, 6) is 0.810. The third-order valence-corrected chi connectivity index (χ3v) is 3.60. The number of ether oxygens (including phenoxy) is 1. The predicted octanol–water partition coefficient (Wildman–Crippen LogP) is 3.72. The summed E-state index contributed by atoms with van der Waals surface area (Å²) in [4.78, 5) is 0. The fraction of sp³-hybridized carbons (Fsp3) is 0.294. The maximum Gasteiger partial charge on any atom is 0.146 e. The Labute approximate surface area is 118 Å². The number of rotatable bonds is 4. The molecule has 0 amide bonds. The SMILES string of the molecule is Cc1ccc(F)c(NCCc2ccc3c(c2)CCO3)c1. The van der Waals surface area contributed by atoms with Crippen LogP contribution in [0.4, 0.5) is 10.1 Å². The number of hydrogen-bond donors (Lipinski definition) is 1. The van der Waals surface area contributed by atoms with Crippen LogP contribution in [0.25, 0.3) is 0 Å². The lowest BCUT2D eigenvalue weighted by molar-refractivity contribution is 0.357. The number of anilines is 1. The molecule has 0 saturated carbocycles. The van der Waals surface area contributed by atoms with E-state index >= 15 is 0 Å². The van der Waals surface area contributed by atoms with Crippen molar-refractivity contribution >= 4 is 5.69 Å². The van der Waals surface area contributed by atoms with Crippen molar-refractivity contribution in [1.82, 2.24) is 0 Å². The Hall–Kier alpha value is -2.03. The molecule has 0 aliphatic carbocycles. The van der Waals surface area contributed by atoms with Crippen molar-refractivity contribution in [3.63, 3.8) is 0 Å². The first-order valence-corrected chi connectivity index (χ1v) is 6.97. The highest BCUT2D eigenvalue weighted by molar-refractivity contribution is 5.47. The van der Waals surface area contributed by atoms with Gasteiger partial charge in [-0.2, -0.15) is 0 Å². The van der Waals surface area contributed by atoms with E-state index in [1.54, 1.807) is 6.07 Å². The van der Waals surface area contributed by atoms with E-state index in [1.807, 2.05) is 19.1 Å². The summed E-state index contributed by atoms with van der Waals surface area (Å²) in [6, 6.07) is 11.4. The lowest BCUT2D eigenvalue weighted by Gasteiger charge is -2.09. The molecule has 0 saturated heterocycles. The van der Waals surface area contributed by atoms with E-state index in [0.29, 0.717) is 5.69 Å². The van der Waals surface area contributed by atoms with Gasteiger partial charge in [0.25, 0.3) is 0 Å². The minimum Gasteiger partial charge on any atom is -0.493 e. The van der Waals surface area contributed by atoms with Crippen molar-refractivity contribution in [2.45, 2.75) is 19.8 Å². The van der Waals surface area contributed by atoms with E-state index in [1.165, 1.54) is 17.2 Å². The fourth-order valence-electron chi connectivity index (χ4n) is 2.51. The topological polar surface area (TPSA) is 21.3 Å². The first kappa shape index (κ1) is 13.0. The average Bonchev–Trinajstić information content (AvgIpc) is 2.90. The van der Waals surface area contributed by atoms with Gasteiger partial charge in [-0.15, -0.1) is 0 Å². The molecule has 0 atom stereocenters. The van der Waals surface area contributed by atoms with E-state index in [0.717, 1.165) is 37.3 Å². The molecule has 20 heavy (non-hydrogen) atoms. The quantitative estimate of drug-likeness (QED) is 0.915. The third-order valence-electron chi connectivity index (χ3n) is 3.60. The molecule has 0 fully saturated rings. The first-order chi connectivity index (χ1) is 9.72. The van der Waals surface area contributed by atoms with E-state index in [-0.39, 0.29) is 5.82 Å². The maximum absolute atomic E-state index is 13.6. The molecule has 1 aliphatic rings. The van der Waals surface area contributed by atoms with Crippen molar-refractivity contribution in [2.24, 2.45) is 0 Å². The Morgan fingerprint density at radius 3 is 3.00 bits per heavy atom. The summed E-state index contributed by atoms with van der Waals surface area (Å²) in [5, 5.41) is 3.16. The van der Waals surface area contributed by atoms with Gasteiger partial charge in [-0.25, -0.2) is 4.39 Å². The van der Waals surface area contributed by atoms with Crippen LogP contribution in [0.15, 0.2) is 36.4 Å². The van der Waals surface area contributed by atoms with Crippen molar-refractivity contribution in [3.8, 4) is 5.75 Å². The molecule has 104 valence electrons. The lowest BCUT2D eigenvalue weighted by atomic mass is 10.1. The molecular formula is C17H18FNO. The number of fused-ring (bicyclic) bond motifs is 1. The molecule has 1 N–H and O–H groups in total. The zero-order valence-electron chi connectivity index (χ0n) is 11.6. The van der Waals surface area contributed by atoms with Gasteiger partial charge in [0.05, 0.1) is 12.3 Å². The number of nitrogens with one attached hydrogen (secondary N) is 1. The molecule has 0 radical (unpaired) electrons. The highest BCUT2D eigenvalue weighted by Gasteiger charge is 2.11. The number of aryl methyl sites for hydroxylation is 1. The second-order valence-electron chi connectivity index (χ2n) is 5.20. The molecule has 1 heterocycles. The van der Waals surface area contributed by atoms with Crippen molar-refractivity contribution in [1.29, 1.82) is 0 Å². The Balaban J connectivity index is 1.61. The van der Waals surface area contributed by atoms with Crippen LogP contribution in [0.3, 0.4) is 0 Å². The van der Waals surface area contributed by atoms with Gasteiger partial charge < -0.3 is 10.1 Å². The van der Waals surface area contributed by atoms with Crippen LogP contribution < -0.4 is 10.1 Å². The number of benzene rings is 2. The summed E-state index contributed by atoms with van der Waals surface area (Å²) < 4.78 is 19.1. The summed E-state index contributed by atoms with van der Waals surface area (Å²) in [6.07, 6.45) is 1.86. The van der Waals surface area contributed by atoms with Crippen molar-refractivity contribution in [2.75, 3.05) is 18.5 Å². The Kier molecular flexibility index (Phi) is 3.59. The summed E-state index contributed by atoms with van der Waals surface area (Å²) in [6.45, 7) is 3.47. The van der Waals surface area contributed by atoms with E-state index < -0.39 is 0 Å². The first-order valence-electron chi connectivity index (χ1n) is 6.97. The molecule has 0 spiro atoms. The predicted molar refractivity (Wildman–Crippen MR) is 79.0 cm³/mol. The smallest absolute Gasteiger partial charge is 0.146 e. The van der Waals surface area contributed by atoms with Crippen LogP contribution in [0.5, 0.6) is 5.75 Å². The average molecular weight is 271 g/mol. The largest absolute Gasteiger partial charge is 0.493 e. The fourth-order valence-corrected chi connectivity index (χ4v) is 2.51. The molecule has 0 unspecified atom stereocenters. The summed E-state index contributed by atoms with van der Waals surface area (Å²) in [5.41, 5.74) is 4.18. The van der Waals surface area contributed by atoms with Crippen LogP contribution in [-0.2, 0) is 12.8 Å². The van der Waals surface area contributed by atoms with E-state index in [4.69, 9.17) is 4.74 Å². The zero-order chi connectivity index (χ0) is 13.9. The van der Waals surface area contributed by atoms with Crippen LogP contribution in [-0.4, -0.2) is 13.2 Å². The molecule has 2 aromatic carbocycles. The number of hydrogen-bond acceptors (Lipinski definition) is 2. The van der Waals surface area contributed by atoms with Gasteiger partial charge >= 0.3 is 0 Å². The molecule has 0 aromatic heterocycles. The summed E-state index contributed by atoms with van der Waals surface area (Å²) >= 11 is 0. The lowest BCUT2D eigenvalue weighted by Crippen LogP contribution is -2.06. The van der Waals surface area contributed by atoms with Gasteiger partial charge in [-0.1, -0.05) is 18.2 Å². The molecule has 3 rings (SSSR count). The van der Waals surface area contributed by atoms with Gasteiger partial charge in [0.2, 0.25) is 0 Å². The summed E-state index contributed by atoms with van der Waals surface area (Å²) in [7, 11) is 0. The van der Waals surface area contributed by atoms with Crippen molar-refractivity contribution in [3.05, 3.63) is 58.9 Å². The van der Waals surface area contributed by atoms with E-state index in [9.17, 15) is 4.39 Å². The van der Waals surface area contributed by atoms with Crippen LogP contribution in [0.1, 0.15) is 16.7 Å². The molecule has 2 aromatic rings. The van der Waals surface area contributed by atoms with Crippen LogP contribution in [0.2, 0.25) is 0 Å². The van der Waals surface area contributed by atoms with Crippen molar-refractivity contribution < 1.29 is 9.13 Å².